The molecule has 1 N–H and O–H groups in total. The highest BCUT2D eigenvalue weighted by Crippen LogP contribution is 2.11. The third-order valence-electron chi connectivity index (χ3n) is 4.04. The van der Waals surface area contributed by atoms with Crippen LogP contribution < -0.4 is 5.32 Å². The van der Waals surface area contributed by atoms with Gasteiger partial charge in [-0.1, -0.05) is 30.3 Å². The molecule has 1 atom stereocenters. The number of nitrogens with one attached hydrogen (secondary N) is 1. The first kappa shape index (κ1) is 16.5. The van der Waals surface area contributed by atoms with Crippen LogP contribution in [0.5, 0.6) is 0 Å². The Labute approximate surface area is 140 Å². The number of benzene rings is 1. The fraction of sp³-hybridized carbons (Fsp3) is 0.500. The molecule has 1 aromatic heterocycles. The summed E-state index contributed by atoms with van der Waals surface area (Å²) in [7, 11) is 0. The topological polar surface area (TPSA) is 85.2 Å². The van der Waals surface area contributed by atoms with Gasteiger partial charge >= 0.3 is 5.97 Å². The fourth-order valence-electron chi connectivity index (χ4n) is 2.80. The van der Waals surface area contributed by atoms with Crippen LogP contribution >= 0.6 is 0 Å². The third-order valence-corrected chi connectivity index (χ3v) is 4.04. The molecular formula is C16H22N6O2. The van der Waals surface area contributed by atoms with Gasteiger partial charge in [-0.3, -0.25) is 9.69 Å². The first-order valence-corrected chi connectivity index (χ1v) is 8.18. The number of carbonyl (C=O) groups excluding carboxylic acids is 1. The molecule has 0 aliphatic carbocycles. The third kappa shape index (κ3) is 3.95. The SMILES string of the molecule is CCOC(=O)C1CNCCN1Cc1nnnn1Cc1ccccc1. The highest BCUT2D eigenvalue weighted by molar-refractivity contribution is 5.76. The van der Waals surface area contributed by atoms with Gasteiger partial charge in [0.05, 0.1) is 19.7 Å². The van der Waals surface area contributed by atoms with Gasteiger partial charge in [-0.2, -0.15) is 0 Å². The van der Waals surface area contributed by atoms with Crippen molar-refractivity contribution in [1.82, 2.24) is 30.4 Å². The number of tetrazole rings is 1. The van der Waals surface area contributed by atoms with Crippen molar-refractivity contribution >= 4 is 5.97 Å². The lowest BCUT2D eigenvalue weighted by molar-refractivity contribution is -0.150. The summed E-state index contributed by atoms with van der Waals surface area (Å²) in [5.41, 5.74) is 1.13. The molecule has 1 fully saturated rings. The zero-order valence-electron chi connectivity index (χ0n) is 13.8. The smallest absolute Gasteiger partial charge is 0.324 e. The monoisotopic (exact) mass is 330 g/mol. The van der Waals surface area contributed by atoms with Gasteiger partial charge in [0.25, 0.3) is 0 Å². The number of hydrogen-bond donors (Lipinski definition) is 1. The van der Waals surface area contributed by atoms with Crippen LogP contribution in [0, 0.1) is 0 Å². The quantitative estimate of drug-likeness (QED) is 0.750. The van der Waals surface area contributed by atoms with E-state index in [4.69, 9.17) is 4.74 Å². The van der Waals surface area contributed by atoms with Crippen molar-refractivity contribution in [1.29, 1.82) is 0 Å². The molecule has 2 aromatic rings. The number of piperazine rings is 1. The fourth-order valence-corrected chi connectivity index (χ4v) is 2.80. The van der Waals surface area contributed by atoms with E-state index in [1.54, 1.807) is 4.68 Å². The van der Waals surface area contributed by atoms with Crippen LogP contribution in [-0.4, -0.2) is 63.4 Å². The molecule has 1 aliphatic rings. The van der Waals surface area contributed by atoms with E-state index in [0.717, 1.165) is 24.5 Å². The second-order valence-corrected chi connectivity index (χ2v) is 5.68. The van der Waals surface area contributed by atoms with E-state index < -0.39 is 0 Å². The largest absolute Gasteiger partial charge is 0.465 e. The van der Waals surface area contributed by atoms with Crippen molar-refractivity contribution in [3.63, 3.8) is 0 Å². The van der Waals surface area contributed by atoms with Crippen molar-refractivity contribution in [3.05, 3.63) is 41.7 Å². The summed E-state index contributed by atoms with van der Waals surface area (Å²) in [6.07, 6.45) is 0. The molecule has 0 saturated carbocycles. The second kappa shape index (κ2) is 7.98. The minimum absolute atomic E-state index is 0.202. The lowest BCUT2D eigenvalue weighted by Gasteiger charge is -2.33. The van der Waals surface area contributed by atoms with Gasteiger partial charge in [-0.15, -0.1) is 5.10 Å². The van der Waals surface area contributed by atoms with Crippen LogP contribution in [0.4, 0.5) is 0 Å². The maximum atomic E-state index is 12.2. The summed E-state index contributed by atoms with van der Waals surface area (Å²) >= 11 is 0. The number of carbonyl (C=O) groups is 1. The Balaban J connectivity index is 1.70. The zero-order valence-corrected chi connectivity index (χ0v) is 13.8. The molecule has 1 saturated heterocycles. The minimum atomic E-state index is -0.305. The Morgan fingerprint density at radius 3 is 2.96 bits per heavy atom. The molecule has 0 bridgehead atoms. The van der Waals surface area contributed by atoms with Crippen molar-refractivity contribution < 1.29 is 9.53 Å². The lowest BCUT2D eigenvalue weighted by atomic mass is 10.2. The van der Waals surface area contributed by atoms with Crippen molar-refractivity contribution in [2.45, 2.75) is 26.1 Å². The Kier molecular flexibility index (Phi) is 5.50. The lowest BCUT2D eigenvalue weighted by Crippen LogP contribution is -2.55. The molecule has 0 spiro atoms. The average molecular weight is 330 g/mol. The maximum Gasteiger partial charge on any atom is 0.324 e. The molecule has 24 heavy (non-hydrogen) atoms. The van der Waals surface area contributed by atoms with Crippen molar-refractivity contribution in [2.75, 3.05) is 26.2 Å². The molecule has 2 heterocycles. The molecule has 0 amide bonds. The summed E-state index contributed by atoms with van der Waals surface area (Å²) < 4.78 is 6.95. The van der Waals surface area contributed by atoms with Gasteiger partial charge in [0.1, 0.15) is 6.04 Å². The Morgan fingerprint density at radius 1 is 1.33 bits per heavy atom. The molecule has 128 valence electrons. The van der Waals surface area contributed by atoms with Crippen LogP contribution in [0.3, 0.4) is 0 Å². The zero-order chi connectivity index (χ0) is 16.8. The normalized spacial score (nSPS) is 18.5. The van der Waals surface area contributed by atoms with E-state index in [2.05, 4.69) is 25.7 Å². The van der Waals surface area contributed by atoms with Gasteiger partial charge in [0, 0.05) is 19.6 Å². The number of esters is 1. The van der Waals surface area contributed by atoms with E-state index in [0.29, 0.717) is 26.2 Å². The first-order valence-electron chi connectivity index (χ1n) is 8.18. The summed E-state index contributed by atoms with van der Waals surface area (Å²) in [6.45, 7) is 5.50. The van der Waals surface area contributed by atoms with Crippen molar-refractivity contribution in [3.8, 4) is 0 Å². The van der Waals surface area contributed by atoms with E-state index >= 15 is 0 Å². The van der Waals surface area contributed by atoms with Crippen LogP contribution in [0.25, 0.3) is 0 Å². The minimum Gasteiger partial charge on any atom is -0.465 e. The Hall–Kier alpha value is -2.32. The summed E-state index contributed by atoms with van der Waals surface area (Å²) in [4.78, 5) is 14.2. The number of rotatable bonds is 6. The van der Waals surface area contributed by atoms with E-state index in [1.165, 1.54) is 0 Å². The van der Waals surface area contributed by atoms with E-state index in [9.17, 15) is 4.79 Å². The van der Waals surface area contributed by atoms with Gasteiger partial charge in [-0.25, -0.2) is 4.68 Å². The van der Waals surface area contributed by atoms with E-state index in [1.807, 2.05) is 37.3 Å². The second-order valence-electron chi connectivity index (χ2n) is 5.68. The Bertz CT molecular complexity index is 660. The van der Waals surface area contributed by atoms with Gasteiger partial charge in [0.15, 0.2) is 5.82 Å². The molecule has 8 nitrogen and oxygen atoms in total. The van der Waals surface area contributed by atoms with Gasteiger partial charge in [-0.05, 0) is 22.9 Å². The highest BCUT2D eigenvalue weighted by Gasteiger charge is 2.30. The molecule has 1 aliphatic heterocycles. The first-order chi connectivity index (χ1) is 11.8. The van der Waals surface area contributed by atoms with Crippen LogP contribution in [-0.2, 0) is 22.6 Å². The van der Waals surface area contributed by atoms with Crippen LogP contribution in [0.1, 0.15) is 18.3 Å². The average Bonchev–Trinajstić information content (AvgIpc) is 3.03. The standard InChI is InChI=1S/C16H22N6O2/c1-2-24-16(23)14-10-17-8-9-21(14)12-15-18-19-20-22(15)11-13-6-4-3-5-7-13/h3-7,14,17H,2,8-12H2,1H3. The Morgan fingerprint density at radius 2 is 2.17 bits per heavy atom. The summed E-state index contributed by atoms with van der Waals surface area (Å²) in [5, 5.41) is 15.2. The molecule has 1 aromatic carbocycles. The molecule has 0 radical (unpaired) electrons. The van der Waals surface area contributed by atoms with Crippen LogP contribution in [0.2, 0.25) is 0 Å². The molecule has 3 rings (SSSR count). The van der Waals surface area contributed by atoms with Crippen molar-refractivity contribution in [2.24, 2.45) is 0 Å². The molecule has 1 unspecified atom stereocenters. The number of aromatic nitrogens is 4. The number of nitrogens with zero attached hydrogens (tertiary/aromatic N) is 5. The van der Waals surface area contributed by atoms with Gasteiger partial charge in [0.2, 0.25) is 0 Å². The number of hydrogen-bond acceptors (Lipinski definition) is 7. The molecular weight excluding hydrogens is 308 g/mol. The van der Waals surface area contributed by atoms with Gasteiger partial charge < -0.3 is 10.1 Å². The van der Waals surface area contributed by atoms with E-state index in [-0.39, 0.29) is 12.0 Å². The molecule has 8 heteroatoms. The summed E-state index contributed by atoms with van der Waals surface area (Å²) in [6, 6.07) is 9.74. The highest BCUT2D eigenvalue weighted by atomic mass is 16.5. The predicted octanol–water partition coefficient (Wildman–Crippen LogP) is 0.0583. The maximum absolute atomic E-state index is 12.2. The van der Waals surface area contributed by atoms with Crippen LogP contribution in [0.15, 0.2) is 30.3 Å². The number of ether oxygens (including phenoxy) is 1. The predicted molar refractivity (Wildman–Crippen MR) is 87.1 cm³/mol. The summed E-state index contributed by atoms with van der Waals surface area (Å²) in [5.74, 6) is 0.543.